The van der Waals surface area contributed by atoms with Crippen LogP contribution in [-0.2, 0) is 4.79 Å². The first kappa shape index (κ1) is 23.2. The molecule has 2 N–H and O–H groups in total. The lowest BCUT2D eigenvalue weighted by Gasteiger charge is -2.41. The highest BCUT2D eigenvalue weighted by atomic mass is 16.5. The second-order valence-corrected chi connectivity index (χ2v) is 9.93. The molecule has 0 saturated carbocycles. The number of para-hydroxylation sites is 1. The number of imidazole rings is 1. The number of hydrogen-bond donors (Lipinski definition) is 1. The first-order valence-electron chi connectivity index (χ1n) is 12.6. The molecule has 0 spiro atoms. The van der Waals surface area contributed by atoms with Gasteiger partial charge in [-0.1, -0.05) is 24.8 Å². The van der Waals surface area contributed by atoms with Gasteiger partial charge in [-0.25, -0.2) is 9.97 Å². The van der Waals surface area contributed by atoms with Crippen LogP contribution in [0.1, 0.15) is 32.1 Å². The molecule has 8 heteroatoms. The number of nitrogens with two attached hydrogens (primary N) is 1. The number of carbonyl (C=O) groups is 1. The molecule has 4 heterocycles. The summed E-state index contributed by atoms with van der Waals surface area (Å²) in [6.45, 7) is 9.03. The predicted octanol–water partition coefficient (Wildman–Crippen LogP) is 4.69. The minimum atomic E-state index is -0.213. The van der Waals surface area contributed by atoms with E-state index in [1.54, 1.807) is 6.20 Å². The lowest BCUT2D eigenvalue weighted by molar-refractivity contribution is -0.132. The molecule has 2 unspecified atom stereocenters. The zero-order valence-corrected chi connectivity index (χ0v) is 21.0. The fraction of sp³-hybridized carbons (Fsp3) is 0.276. The molecule has 2 bridgehead atoms. The topological polar surface area (TPSA) is 89.0 Å². The average Bonchev–Trinajstić information content (AvgIpc) is 3.61. The second kappa shape index (κ2) is 9.05. The number of aromatic nitrogens is 3. The monoisotopic (exact) mass is 494 g/mol. The van der Waals surface area contributed by atoms with Crippen molar-refractivity contribution in [3.05, 3.63) is 85.5 Å². The molecule has 2 aliphatic rings. The van der Waals surface area contributed by atoms with Crippen molar-refractivity contribution in [3.8, 4) is 22.8 Å². The summed E-state index contributed by atoms with van der Waals surface area (Å²) >= 11 is 0. The number of nitrogen functional groups attached to an aromatic ring is 1. The number of piperazine rings is 1. The fourth-order valence-electron chi connectivity index (χ4n) is 5.91. The summed E-state index contributed by atoms with van der Waals surface area (Å²) in [6, 6.07) is 17.9. The van der Waals surface area contributed by atoms with E-state index in [1.165, 1.54) is 6.08 Å². The van der Waals surface area contributed by atoms with Crippen molar-refractivity contribution in [2.24, 2.45) is 0 Å². The summed E-state index contributed by atoms with van der Waals surface area (Å²) < 4.78 is 7.96. The highest BCUT2D eigenvalue weighted by Gasteiger charge is 2.54. The van der Waals surface area contributed by atoms with Crippen LogP contribution in [0.5, 0.6) is 11.5 Å². The van der Waals surface area contributed by atoms with Crippen LogP contribution >= 0.6 is 0 Å². The molecule has 2 fully saturated rings. The van der Waals surface area contributed by atoms with E-state index in [0.717, 1.165) is 47.1 Å². The molecule has 188 valence electrons. The van der Waals surface area contributed by atoms with Gasteiger partial charge in [0, 0.05) is 42.6 Å². The van der Waals surface area contributed by atoms with Crippen molar-refractivity contribution in [3.63, 3.8) is 0 Å². The first-order chi connectivity index (χ1) is 18.0. The molecule has 4 aromatic rings. The third-order valence-electron chi connectivity index (χ3n) is 7.49. The van der Waals surface area contributed by atoms with E-state index in [0.29, 0.717) is 11.9 Å². The average molecular weight is 495 g/mol. The Morgan fingerprint density at radius 3 is 2.57 bits per heavy atom. The molecule has 3 atom stereocenters. The van der Waals surface area contributed by atoms with E-state index in [-0.39, 0.29) is 24.0 Å². The quantitative estimate of drug-likeness (QED) is 0.391. The lowest BCUT2D eigenvalue weighted by atomic mass is 10.1. The number of likely N-dealkylation sites (tertiary alicyclic amines) is 2. The Kier molecular flexibility index (Phi) is 5.68. The highest BCUT2D eigenvalue weighted by molar-refractivity contribution is 5.89. The molecule has 2 aliphatic heterocycles. The van der Waals surface area contributed by atoms with E-state index in [1.807, 2.05) is 70.1 Å². The van der Waals surface area contributed by atoms with E-state index in [2.05, 4.69) is 30.3 Å². The van der Waals surface area contributed by atoms with Gasteiger partial charge in [-0.2, -0.15) is 0 Å². The molecule has 2 saturated heterocycles. The molecule has 37 heavy (non-hydrogen) atoms. The van der Waals surface area contributed by atoms with Gasteiger partial charge in [-0.15, -0.1) is 0 Å². The maximum absolute atomic E-state index is 13.0. The number of amides is 1. The Morgan fingerprint density at radius 1 is 1.14 bits per heavy atom. The zero-order chi connectivity index (χ0) is 25.7. The number of rotatable bonds is 6. The maximum Gasteiger partial charge on any atom is 0.246 e. The number of nitrogens with zero attached hydrogens (tertiary/aromatic N) is 5. The summed E-state index contributed by atoms with van der Waals surface area (Å²) in [5, 5.41) is 0. The van der Waals surface area contributed by atoms with Crippen LogP contribution in [0, 0.1) is 0 Å². The first-order valence-corrected chi connectivity index (χ1v) is 12.6. The molecular weight excluding hydrogens is 464 g/mol. The van der Waals surface area contributed by atoms with E-state index in [9.17, 15) is 4.79 Å². The predicted molar refractivity (Wildman–Crippen MR) is 143 cm³/mol. The Morgan fingerprint density at radius 2 is 1.86 bits per heavy atom. The third-order valence-corrected chi connectivity index (χ3v) is 7.49. The van der Waals surface area contributed by atoms with Crippen LogP contribution in [0.25, 0.3) is 16.8 Å². The number of ether oxygens (including phenoxy) is 1. The normalized spacial score (nSPS) is 21.2. The van der Waals surface area contributed by atoms with Crippen LogP contribution in [0.4, 0.5) is 5.82 Å². The molecule has 8 nitrogen and oxygen atoms in total. The minimum absolute atomic E-state index is 0.0661. The molecule has 2 aromatic heterocycles. The summed E-state index contributed by atoms with van der Waals surface area (Å²) in [5.41, 5.74) is 8.77. The standard InChI is InChI=1S/C29H30N6O2/c1-4-24(36)35-20-16-23(34(17-20)18(2)3)26(35)29-32-25(27-28(30)31-14-15-33(27)29)19-10-12-22(13-11-19)37-21-8-6-5-7-9-21/h4-15,18,20,23,26H,1,16-17H2,2-3H3,(H2,30,31)/t20?,23-,26?/m0/s1. The van der Waals surface area contributed by atoms with Gasteiger partial charge in [0.2, 0.25) is 5.91 Å². The Hall–Kier alpha value is -4.17. The Balaban J connectivity index is 1.44. The van der Waals surface area contributed by atoms with Crippen LogP contribution in [0.15, 0.2) is 79.6 Å². The van der Waals surface area contributed by atoms with Gasteiger partial charge in [0.15, 0.2) is 0 Å². The third kappa shape index (κ3) is 3.84. The molecule has 0 aliphatic carbocycles. The van der Waals surface area contributed by atoms with E-state index >= 15 is 0 Å². The van der Waals surface area contributed by atoms with Gasteiger partial charge in [-0.05, 0) is 62.7 Å². The molecule has 1 amide bonds. The van der Waals surface area contributed by atoms with Crippen LogP contribution in [0.2, 0.25) is 0 Å². The SMILES string of the molecule is C=CC(=O)N1C2C[C@@H](C1c1nc(-c3ccc(Oc4ccccc4)cc3)c3c(N)nccn13)N(C(C)C)C2. The summed E-state index contributed by atoms with van der Waals surface area (Å²) in [7, 11) is 0. The van der Waals surface area contributed by atoms with Crippen LogP contribution in [-0.4, -0.2) is 54.7 Å². The maximum atomic E-state index is 13.0. The largest absolute Gasteiger partial charge is 0.457 e. The lowest BCUT2D eigenvalue weighted by Crippen LogP contribution is -2.52. The van der Waals surface area contributed by atoms with Gasteiger partial charge < -0.3 is 15.4 Å². The van der Waals surface area contributed by atoms with Crippen molar-refractivity contribution in [1.82, 2.24) is 24.2 Å². The van der Waals surface area contributed by atoms with Crippen molar-refractivity contribution < 1.29 is 9.53 Å². The molecule has 6 rings (SSSR count). The smallest absolute Gasteiger partial charge is 0.246 e. The van der Waals surface area contributed by atoms with Crippen molar-refractivity contribution in [2.75, 3.05) is 12.3 Å². The number of carbonyl (C=O) groups excluding carboxylic acids is 1. The number of anilines is 1. The molecule has 2 aromatic carbocycles. The van der Waals surface area contributed by atoms with Crippen molar-refractivity contribution in [1.29, 1.82) is 0 Å². The summed E-state index contributed by atoms with van der Waals surface area (Å²) in [5.74, 6) is 2.62. The summed E-state index contributed by atoms with van der Waals surface area (Å²) in [4.78, 5) is 27.0. The van der Waals surface area contributed by atoms with Gasteiger partial charge in [0.05, 0.1) is 0 Å². The van der Waals surface area contributed by atoms with Crippen LogP contribution in [0.3, 0.4) is 0 Å². The minimum Gasteiger partial charge on any atom is -0.457 e. The van der Waals surface area contributed by atoms with E-state index in [4.69, 9.17) is 15.5 Å². The van der Waals surface area contributed by atoms with Gasteiger partial charge in [-0.3, -0.25) is 14.1 Å². The van der Waals surface area contributed by atoms with Crippen molar-refractivity contribution >= 4 is 17.2 Å². The van der Waals surface area contributed by atoms with Crippen LogP contribution < -0.4 is 10.5 Å². The van der Waals surface area contributed by atoms with Gasteiger partial charge in [0.25, 0.3) is 0 Å². The zero-order valence-electron chi connectivity index (χ0n) is 21.0. The number of hydrogen-bond acceptors (Lipinski definition) is 6. The Labute approximate surface area is 216 Å². The highest BCUT2D eigenvalue weighted by Crippen LogP contribution is 2.46. The molecule has 0 radical (unpaired) electrons. The van der Waals surface area contributed by atoms with Gasteiger partial charge in [0.1, 0.15) is 40.4 Å². The van der Waals surface area contributed by atoms with E-state index < -0.39 is 0 Å². The number of fused-ring (bicyclic) bond motifs is 3. The Bertz CT molecular complexity index is 1460. The van der Waals surface area contributed by atoms with Crippen molar-refractivity contribution in [2.45, 2.75) is 44.4 Å². The number of benzene rings is 2. The van der Waals surface area contributed by atoms with Gasteiger partial charge >= 0.3 is 0 Å². The summed E-state index contributed by atoms with van der Waals surface area (Å²) in [6.07, 6.45) is 5.89. The second-order valence-electron chi connectivity index (χ2n) is 9.93. The molecular formula is C29H30N6O2. The fourth-order valence-corrected chi connectivity index (χ4v) is 5.91.